The Labute approximate surface area is 236 Å². The number of nitrogens with zero attached hydrogens (tertiary/aromatic N) is 1. The summed E-state index contributed by atoms with van der Waals surface area (Å²) < 4.78 is 12.4. The van der Waals surface area contributed by atoms with Gasteiger partial charge in [-0.1, -0.05) is 36.8 Å². The third-order valence-electron chi connectivity index (χ3n) is 6.44. The number of hydrogen-bond donors (Lipinski definition) is 4. The molecule has 206 valence electrons. The molecule has 3 unspecified atom stereocenters. The van der Waals surface area contributed by atoms with Gasteiger partial charge in [0.1, 0.15) is 12.2 Å². The van der Waals surface area contributed by atoms with Crippen LogP contribution in [0.5, 0.6) is 11.5 Å². The molecule has 0 saturated carbocycles. The molecule has 1 aliphatic carbocycles. The predicted octanol–water partition coefficient (Wildman–Crippen LogP) is 2.45. The van der Waals surface area contributed by atoms with E-state index < -0.39 is 24.2 Å². The Hall–Kier alpha value is -2.67. The number of aliphatic hydroxyl groups is 3. The molecule has 2 aromatic rings. The van der Waals surface area contributed by atoms with Crippen molar-refractivity contribution in [1.82, 2.24) is 10.2 Å². The summed E-state index contributed by atoms with van der Waals surface area (Å²) in [6, 6.07) is 10.5. The average molecular weight is 638 g/mol. The van der Waals surface area contributed by atoms with Crippen LogP contribution in [-0.4, -0.2) is 70.5 Å². The zero-order chi connectivity index (χ0) is 27.8. The normalized spacial score (nSPS) is 18.9. The molecule has 3 rings (SSSR count). The number of aliphatic hydroxyl groups excluding tert-OH is 3. The van der Waals surface area contributed by atoms with E-state index in [0.29, 0.717) is 26.2 Å². The van der Waals surface area contributed by atoms with E-state index in [1.54, 1.807) is 30.0 Å². The quantitative estimate of drug-likeness (QED) is 0.279. The fourth-order valence-corrected chi connectivity index (χ4v) is 5.17. The lowest BCUT2D eigenvalue weighted by Crippen LogP contribution is -2.54. The molecule has 9 nitrogen and oxygen atoms in total. The van der Waals surface area contributed by atoms with Crippen LogP contribution in [0.2, 0.25) is 0 Å². The second-order valence-corrected chi connectivity index (χ2v) is 10.3. The summed E-state index contributed by atoms with van der Waals surface area (Å²) in [5.41, 5.74) is 2.98. The van der Waals surface area contributed by atoms with E-state index in [9.17, 15) is 24.9 Å². The second kappa shape index (κ2) is 13.9. The molecule has 0 aromatic heterocycles. The molecular formula is C28H35IN2O7. The topological polar surface area (TPSA) is 129 Å². The van der Waals surface area contributed by atoms with Gasteiger partial charge in [0, 0.05) is 31.5 Å². The Balaban J connectivity index is 2.01. The molecule has 0 fully saturated rings. The number of nitrogens with one attached hydrogen (secondary N) is 1. The van der Waals surface area contributed by atoms with E-state index in [1.807, 2.05) is 31.2 Å². The van der Waals surface area contributed by atoms with E-state index in [-0.39, 0.29) is 45.1 Å². The SMILES string of the molecule is CCC(=O)N(Cc1ccc(C)cc1)C1CC(C(=O)NCCO)=CC(Oc2c(I)cc(CO)cc2OC)C1O. The Kier molecular flexibility index (Phi) is 11.0. The van der Waals surface area contributed by atoms with Gasteiger partial charge in [0.2, 0.25) is 11.8 Å². The maximum atomic E-state index is 13.1. The first-order chi connectivity index (χ1) is 18.2. The molecule has 4 N–H and O–H groups in total. The van der Waals surface area contributed by atoms with Gasteiger partial charge in [-0.05, 0) is 58.9 Å². The molecule has 0 spiro atoms. The third kappa shape index (κ3) is 7.25. The van der Waals surface area contributed by atoms with E-state index in [4.69, 9.17) is 9.47 Å². The Bertz CT molecular complexity index is 1150. The van der Waals surface area contributed by atoms with Gasteiger partial charge in [0.05, 0.1) is 29.9 Å². The van der Waals surface area contributed by atoms with Crippen molar-refractivity contribution in [3.63, 3.8) is 0 Å². The van der Waals surface area contributed by atoms with Gasteiger partial charge in [0.25, 0.3) is 0 Å². The minimum absolute atomic E-state index is 0.0736. The number of hydrogen-bond acceptors (Lipinski definition) is 7. The van der Waals surface area contributed by atoms with Crippen LogP contribution in [-0.2, 0) is 22.7 Å². The molecule has 38 heavy (non-hydrogen) atoms. The number of benzene rings is 2. The zero-order valence-corrected chi connectivity index (χ0v) is 24.0. The number of ether oxygens (including phenoxy) is 2. The maximum absolute atomic E-state index is 13.1. The number of aryl methyl sites for hydroxylation is 1. The van der Waals surface area contributed by atoms with Gasteiger partial charge < -0.3 is 35.0 Å². The van der Waals surface area contributed by atoms with Crippen molar-refractivity contribution < 1.29 is 34.4 Å². The monoisotopic (exact) mass is 638 g/mol. The number of halogens is 1. The third-order valence-corrected chi connectivity index (χ3v) is 7.24. The second-order valence-electron chi connectivity index (χ2n) is 9.14. The molecule has 0 radical (unpaired) electrons. The van der Waals surface area contributed by atoms with E-state index in [0.717, 1.165) is 11.1 Å². The molecule has 10 heteroatoms. The molecule has 2 amide bonds. The molecule has 0 bridgehead atoms. The lowest BCUT2D eigenvalue weighted by Gasteiger charge is -2.40. The summed E-state index contributed by atoms with van der Waals surface area (Å²) in [6.45, 7) is 3.68. The van der Waals surface area contributed by atoms with E-state index in [1.165, 1.54) is 7.11 Å². The highest BCUT2D eigenvalue weighted by Crippen LogP contribution is 2.37. The molecule has 2 aromatic carbocycles. The van der Waals surface area contributed by atoms with Crippen LogP contribution in [0.4, 0.5) is 0 Å². The summed E-state index contributed by atoms with van der Waals surface area (Å²) in [5.74, 6) is 0.162. The predicted molar refractivity (Wildman–Crippen MR) is 151 cm³/mol. The highest BCUT2D eigenvalue weighted by atomic mass is 127. The van der Waals surface area contributed by atoms with E-state index in [2.05, 4.69) is 27.9 Å². The molecule has 0 saturated heterocycles. The van der Waals surface area contributed by atoms with Crippen molar-refractivity contribution in [2.45, 2.75) is 58.1 Å². The van der Waals surface area contributed by atoms with Gasteiger partial charge in [-0.25, -0.2) is 0 Å². The lowest BCUT2D eigenvalue weighted by atomic mass is 9.87. The maximum Gasteiger partial charge on any atom is 0.247 e. The van der Waals surface area contributed by atoms with Crippen LogP contribution >= 0.6 is 22.6 Å². The van der Waals surface area contributed by atoms with Crippen LogP contribution in [0, 0.1) is 10.5 Å². The van der Waals surface area contributed by atoms with Crippen molar-refractivity contribution >= 4 is 34.4 Å². The fraction of sp³-hybridized carbons (Fsp3) is 0.429. The minimum Gasteiger partial charge on any atom is -0.493 e. The first-order valence-electron chi connectivity index (χ1n) is 12.5. The first kappa shape index (κ1) is 29.9. The van der Waals surface area contributed by atoms with Gasteiger partial charge in [-0.2, -0.15) is 0 Å². The van der Waals surface area contributed by atoms with Crippen molar-refractivity contribution in [1.29, 1.82) is 0 Å². The Morgan fingerprint density at radius 2 is 1.87 bits per heavy atom. The van der Waals surface area contributed by atoms with Crippen LogP contribution in [0.1, 0.15) is 36.5 Å². The van der Waals surface area contributed by atoms with Crippen LogP contribution in [0.3, 0.4) is 0 Å². The Morgan fingerprint density at radius 1 is 1.16 bits per heavy atom. The molecule has 0 aliphatic heterocycles. The van der Waals surface area contributed by atoms with Crippen molar-refractivity contribution in [2.75, 3.05) is 20.3 Å². The average Bonchev–Trinajstić information content (AvgIpc) is 2.92. The largest absolute Gasteiger partial charge is 0.493 e. The number of amides is 2. The summed E-state index contributed by atoms with van der Waals surface area (Å²) >= 11 is 2.06. The first-order valence-corrected chi connectivity index (χ1v) is 13.6. The smallest absolute Gasteiger partial charge is 0.247 e. The summed E-state index contributed by atoms with van der Waals surface area (Å²) in [5, 5.41) is 32.9. The van der Waals surface area contributed by atoms with E-state index >= 15 is 0 Å². The highest BCUT2D eigenvalue weighted by molar-refractivity contribution is 14.1. The van der Waals surface area contributed by atoms with Crippen LogP contribution in [0.15, 0.2) is 48.0 Å². The van der Waals surface area contributed by atoms with Crippen molar-refractivity contribution in [3.05, 3.63) is 68.3 Å². The number of carbonyl (C=O) groups excluding carboxylic acids is 2. The number of methoxy groups -OCH3 is 1. The van der Waals surface area contributed by atoms with Gasteiger partial charge >= 0.3 is 0 Å². The highest BCUT2D eigenvalue weighted by Gasteiger charge is 2.40. The zero-order valence-electron chi connectivity index (χ0n) is 21.8. The Morgan fingerprint density at radius 3 is 2.47 bits per heavy atom. The van der Waals surface area contributed by atoms with Gasteiger partial charge in [-0.15, -0.1) is 0 Å². The molecule has 3 atom stereocenters. The number of carbonyl (C=O) groups is 2. The molecule has 1 aliphatic rings. The number of rotatable bonds is 11. The van der Waals surface area contributed by atoms with Gasteiger partial charge in [-0.3, -0.25) is 9.59 Å². The summed E-state index contributed by atoms with van der Waals surface area (Å²) in [7, 11) is 1.48. The summed E-state index contributed by atoms with van der Waals surface area (Å²) in [4.78, 5) is 27.7. The van der Waals surface area contributed by atoms with Crippen LogP contribution < -0.4 is 14.8 Å². The van der Waals surface area contributed by atoms with Crippen molar-refractivity contribution in [2.24, 2.45) is 0 Å². The standard InChI is InChI=1S/C28H35IN2O7/c1-4-25(34)31(15-18-7-5-17(2)6-8-18)22-13-20(28(36)30-9-10-32)14-23(26(22)35)38-27-21(29)11-19(16-33)12-24(27)37-3/h5-8,11-12,14,22-23,26,32-33,35H,4,9-10,13,15-16H2,1-3H3,(H,30,36). The fourth-order valence-electron chi connectivity index (χ4n) is 4.38. The molecule has 0 heterocycles. The van der Waals surface area contributed by atoms with Crippen LogP contribution in [0.25, 0.3) is 0 Å². The minimum atomic E-state index is -1.15. The lowest BCUT2D eigenvalue weighted by molar-refractivity contribution is -0.139. The van der Waals surface area contributed by atoms with Crippen molar-refractivity contribution in [3.8, 4) is 11.5 Å². The molecular weight excluding hydrogens is 603 g/mol. The van der Waals surface area contributed by atoms with Gasteiger partial charge in [0.15, 0.2) is 11.5 Å². The summed E-state index contributed by atoms with van der Waals surface area (Å²) in [6.07, 6.45) is -0.221.